The number of carboxylic acid groups (broad SMARTS) is 1. The van der Waals surface area contributed by atoms with Gasteiger partial charge in [-0.3, -0.25) is 9.59 Å². The molecular weight excluding hydrogens is 360 g/mol. The summed E-state index contributed by atoms with van der Waals surface area (Å²) in [7, 11) is 0. The van der Waals surface area contributed by atoms with E-state index < -0.39 is 11.4 Å². The second-order valence-electron chi connectivity index (χ2n) is 7.44. The predicted octanol–water partition coefficient (Wildman–Crippen LogP) is 4.69. The van der Waals surface area contributed by atoms with E-state index in [0.29, 0.717) is 22.5 Å². The fraction of sp³-hybridized carbons (Fsp3) is 0.273. The molecule has 0 aliphatic rings. The third-order valence-electron chi connectivity index (χ3n) is 4.46. The van der Waals surface area contributed by atoms with Gasteiger partial charge in [0.05, 0.1) is 10.8 Å². The number of benzene rings is 2. The zero-order chi connectivity index (χ0) is 20.5. The Hall–Kier alpha value is -3.28. The van der Waals surface area contributed by atoms with Crippen LogP contribution in [0.2, 0.25) is 0 Å². The Morgan fingerprint density at radius 1 is 1.11 bits per heavy atom. The summed E-state index contributed by atoms with van der Waals surface area (Å²) in [5.74, 6) is 0.172. The number of aliphatic carboxylic acids is 1. The van der Waals surface area contributed by atoms with Gasteiger partial charge in [-0.05, 0) is 57.0 Å². The molecule has 0 bridgehead atoms. The molecule has 0 aliphatic heterocycles. The number of carbonyl (C=O) groups is 1. The smallest absolute Gasteiger partial charge is 0.312 e. The highest BCUT2D eigenvalue weighted by atomic mass is 16.5. The Balaban J connectivity index is 1.87. The number of rotatable bonds is 6. The van der Waals surface area contributed by atoms with Crippen LogP contribution in [-0.4, -0.2) is 17.7 Å². The molecule has 0 amide bonds. The lowest BCUT2D eigenvalue weighted by Crippen LogP contribution is -2.30. The molecule has 3 aromatic rings. The highest BCUT2D eigenvalue weighted by molar-refractivity contribution is 5.79. The number of aryl methyl sites for hydroxylation is 2. The van der Waals surface area contributed by atoms with Crippen LogP contribution in [0.3, 0.4) is 0 Å². The van der Waals surface area contributed by atoms with Crippen LogP contribution in [-0.2, 0) is 4.79 Å². The summed E-state index contributed by atoms with van der Waals surface area (Å²) in [6.45, 7) is 6.99. The fourth-order valence-corrected chi connectivity index (χ4v) is 2.51. The van der Waals surface area contributed by atoms with Gasteiger partial charge in [0.1, 0.15) is 30.0 Å². The van der Waals surface area contributed by atoms with Gasteiger partial charge in [-0.15, -0.1) is 0 Å². The molecule has 6 heteroatoms. The van der Waals surface area contributed by atoms with Gasteiger partial charge in [-0.25, -0.2) is 0 Å². The van der Waals surface area contributed by atoms with Crippen molar-refractivity contribution in [3.8, 4) is 17.2 Å². The SMILES string of the molecule is Cc1ccc(C)c(Oc2coc3cc(OCC(C)(C)C(=O)O)ccc3c2=O)c1. The van der Waals surface area contributed by atoms with Crippen LogP contribution in [0.5, 0.6) is 17.2 Å². The van der Waals surface area contributed by atoms with Gasteiger partial charge < -0.3 is 19.0 Å². The van der Waals surface area contributed by atoms with Crippen LogP contribution in [0, 0.1) is 19.3 Å². The van der Waals surface area contributed by atoms with E-state index >= 15 is 0 Å². The topological polar surface area (TPSA) is 86.0 Å². The largest absolute Gasteiger partial charge is 0.492 e. The first kappa shape index (κ1) is 19.5. The van der Waals surface area contributed by atoms with Crippen LogP contribution < -0.4 is 14.9 Å². The van der Waals surface area contributed by atoms with Crippen LogP contribution in [0.1, 0.15) is 25.0 Å². The maximum atomic E-state index is 12.7. The van der Waals surface area contributed by atoms with E-state index in [-0.39, 0.29) is 17.8 Å². The van der Waals surface area contributed by atoms with Crippen molar-refractivity contribution in [3.63, 3.8) is 0 Å². The lowest BCUT2D eigenvalue weighted by Gasteiger charge is -2.19. The van der Waals surface area contributed by atoms with E-state index in [1.54, 1.807) is 32.0 Å². The molecule has 1 aromatic heterocycles. The van der Waals surface area contributed by atoms with Crippen molar-refractivity contribution in [2.24, 2.45) is 5.41 Å². The van der Waals surface area contributed by atoms with Crippen molar-refractivity contribution < 1.29 is 23.8 Å². The van der Waals surface area contributed by atoms with Crippen LogP contribution >= 0.6 is 0 Å². The first-order valence-corrected chi connectivity index (χ1v) is 8.84. The molecule has 0 fully saturated rings. The molecule has 146 valence electrons. The zero-order valence-corrected chi connectivity index (χ0v) is 16.2. The molecule has 3 rings (SSSR count). The molecule has 0 atom stereocenters. The third-order valence-corrected chi connectivity index (χ3v) is 4.46. The Labute approximate surface area is 162 Å². The van der Waals surface area contributed by atoms with Crippen molar-refractivity contribution in [1.82, 2.24) is 0 Å². The first-order valence-electron chi connectivity index (χ1n) is 8.84. The number of fused-ring (bicyclic) bond motifs is 1. The number of carboxylic acids is 1. The van der Waals surface area contributed by atoms with Crippen LogP contribution in [0.25, 0.3) is 11.0 Å². The summed E-state index contributed by atoms with van der Waals surface area (Å²) >= 11 is 0. The Morgan fingerprint density at radius 3 is 2.57 bits per heavy atom. The maximum absolute atomic E-state index is 12.7. The number of ether oxygens (including phenoxy) is 2. The highest BCUT2D eigenvalue weighted by Gasteiger charge is 2.28. The quantitative estimate of drug-likeness (QED) is 0.665. The third kappa shape index (κ3) is 4.01. The second-order valence-corrected chi connectivity index (χ2v) is 7.44. The summed E-state index contributed by atoms with van der Waals surface area (Å²) in [5.41, 5.74) is 0.953. The van der Waals surface area contributed by atoms with Crippen molar-refractivity contribution in [2.45, 2.75) is 27.7 Å². The van der Waals surface area contributed by atoms with Crippen molar-refractivity contribution >= 4 is 16.9 Å². The first-order chi connectivity index (χ1) is 13.2. The van der Waals surface area contributed by atoms with Gasteiger partial charge in [0.25, 0.3) is 0 Å². The number of hydrogen-bond donors (Lipinski definition) is 1. The summed E-state index contributed by atoms with van der Waals surface area (Å²) in [4.78, 5) is 23.9. The highest BCUT2D eigenvalue weighted by Crippen LogP contribution is 2.27. The molecule has 0 radical (unpaired) electrons. The molecule has 0 saturated heterocycles. The molecule has 2 aromatic carbocycles. The summed E-state index contributed by atoms with van der Waals surface area (Å²) in [6.07, 6.45) is 1.28. The molecule has 0 saturated carbocycles. The fourth-order valence-electron chi connectivity index (χ4n) is 2.51. The van der Waals surface area contributed by atoms with Crippen LogP contribution in [0.4, 0.5) is 0 Å². The molecule has 1 N–H and O–H groups in total. The minimum absolute atomic E-state index is 0.00803. The average molecular weight is 382 g/mol. The van der Waals surface area contributed by atoms with Crippen molar-refractivity contribution in [3.05, 3.63) is 64.0 Å². The molecule has 28 heavy (non-hydrogen) atoms. The van der Waals surface area contributed by atoms with E-state index in [1.807, 2.05) is 32.0 Å². The van der Waals surface area contributed by atoms with Gasteiger partial charge in [0, 0.05) is 6.07 Å². The van der Waals surface area contributed by atoms with Crippen molar-refractivity contribution in [1.29, 1.82) is 0 Å². The lowest BCUT2D eigenvalue weighted by atomic mass is 9.95. The standard InChI is InChI=1S/C22H22O6/c1-13-5-6-14(2)17(9-13)28-19-11-26-18-10-15(7-8-16(18)20(19)23)27-12-22(3,4)21(24)25/h5-11H,12H2,1-4H3,(H,24,25). The van der Waals surface area contributed by atoms with Gasteiger partial charge in [0.2, 0.25) is 11.2 Å². The maximum Gasteiger partial charge on any atom is 0.312 e. The molecular formula is C22H22O6. The van der Waals surface area contributed by atoms with E-state index in [0.717, 1.165) is 11.1 Å². The minimum Gasteiger partial charge on any atom is -0.492 e. The second kappa shape index (κ2) is 7.38. The average Bonchev–Trinajstić information content (AvgIpc) is 2.65. The predicted molar refractivity (Wildman–Crippen MR) is 105 cm³/mol. The Morgan fingerprint density at radius 2 is 1.86 bits per heavy atom. The molecule has 1 heterocycles. The van der Waals surface area contributed by atoms with Gasteiger partial charge in [-0.1, -0.05) is 12.1 Å². The van der Waals surface area contributed by atoms with Gasteiger partial charge >= 0.3 is 5.97 Å². The van der Waals surface area contributed by atoms with Gasteiger partial charge in [0.15, 0.2) is 0 Å². The Bertz CT molecular complexity index is 1090. The van der Waals surface area contributed by atoms with E-state index in [9.17, 15) is 9.59 Å². The summed E-state index contributed by atoms with van der Waals surface area (Å²) < 4.78 is 16.9. The van der Waals surface area contributed by atoms with E-state index in [4.69, 9.17) is 19.0 Å². The van der Waals surface area contributed by atoms with Crippen molar-refractivity contribution in [2.75, 3.05) is 6.61 Å². The van der Waals surface area contributed by atoms with E-state index in [2.05, 4.69) is 0 Å². The van der Waals surface area contributed by atoms with Crippen LogP contribution in [0.15, 0.2) is 51.9 Å². The monoisotopic (exact) mass is 382 g/mol. The molecule has 0 aliphatic carbocycles. The molecule has 6 nitrogen and oxygen atoms in total. The van der Waals surface area contributed by atoms with E-state index in [1.165, 1.54) is 6.26 Å². The minimum atomic E-state index is -1.03. The van der Waals surface area contributed by atoms with Gasteiger partial charge in [-0.2, -0.15) is 0 Å². The lowest BCUT2D eigenvalue weighted by molar-refractivity contribution is -0.148. The number of hydrogen-bond acceptors (Lipinski definition) is 5. The summed E-state index contributed by atoms with van der Waals surface area (Å²) in [5, 5.41) is 9.52. The normalized spacial score (nSPS) is 11.4. The molecule has 0 unspecified atom stereocenters. The summed E-state index contributed by atoms with van der Waals surface area (Å²) in [6, 6.07) is 10.5. The molecule has 0 spiro atoms. The zero-order valence-electron chi connectivity index (χ0n) is 16.2. The Kier molecular flexibility index (Phi) is 5.14.